The third-order valence-electron chi connectivity index (χ3n) is 8.69. The van der Waals surface area contributed by atoms with Crippen molar-refractivity contribution in [2.24, 2.45) is 0 Å². The second kappa shape index (κ2) is 17.4. The van der Waals surface area contributed by atoms with E-state index in [4.69, 9.17) is 33.7 Å². The lowest BCUT2D eigenvalue weighted by Crippen LogP contribution is -2.39. The summed E-state index contributed by atoms with van der Waals surface area (Å²) in [6.45, 7) is -4.90. The van der Waals surface area contributed by atoms with Crippen molar-refractivity contribution in [1.29, 1.82) is 0 Å². The fourth-order valence-corrected chi connectivity index (χ4v) is 9.57. The zero-order valence-electron chi connectivity index (χ0n) is 28.5. The first-order valence-corrected chi connectivity index (χ1v) is 19.9. The van der Waals surface area contributed by atoms with Crippen LogP contribution >= 0.6 is 18.2 Å². The van der Waals surface area contributed by atoms with E-state index in [0.29, 0.717) is 41.7 Å². The Hall–Kier alpha value is -3.98. The number of benzene rings is 1. The molecule has 0 spiro atoms. The Morgan fingerprint density at radius 3 is 2.64 bits per heavy atom. The first-order valence-electron chi connectivity index (χ1n) is 16.8. The third kappa shape index (κ3) is 9.05. The fraction of sp³-hybridized carbons (Fsp3) is 0.500. The lowest BCUT2D eigenvalue weighted by atomic mass is 10.1. The number of hydrogen-bond donors (Lipinski definition) is 4. The molecule has 6 unspecified atom stereocenters. The normalized spacial score (nSPS) is 25.5. The van der Waals surface area contributed by atoms with Crippen molar-refractivity contribution in [3.05, 3.63) is 81.7 Å². The Labute approximate surface area is 306 Å². The highest BCUT2D eigenvalue weighted by molar-refractivity contribution is 8.55. The Balaban J connectivity index is 1.12. The van der Waals surface area contributed by atoms with Gasteiger partial charge in [-0.25, -0.2) is 29.1 Å². The molecule has 1 aromatic carbocycles. The molecule has 8 atom stereocenters. The van der Waals surface area contributed by atoms with Crippen molar-refractivity contribution in [2.75, 3.05) is 38.4 Å². The molecule has 4 aromatic rings. The van der Waals surface area contributed by atoms with Gasteiger partial charge in [-0.05, 0) is 42.8 Å². The Bertz CT molecular complexity index is 2020. The molecule has 3 aromatic heterocycles. The predicted molar refractivity (Wildman–Crippen MR) is 189 cm³/mol. The van der Waals surface area contributed by atoms with Crippen LogP contribution < -0.4 is 17.0 Å². The van der Waals surface area contributed by atoms with E-state index in [1.54, 1.807) is 34.9 Å². The molecule has 19 nitrogen and oxygen atoms in total. The number of unbranched alkanes of at least 4 members (excludes halogenated alkanes) is 2. The van der Waals surface area contributed by atoms with E-state index in [0.717, 1.165) is 22.0 Å². The molecule has 0 bridgehead atoms. The van der Waals surface area contributed by atoms with E-state index in [9.17, 15) is 29.2 Å². The highest BCUT2D eigenvalue weighted by Crippen LogP contribution is 2.63. The van der Waals surface area contributed by atoms with Crippen LogP contribution in [0.1, 0.15) is 48.5 Å². The molecular formula is C32H40N7O12PS. The molecule has 21 heteroatoms. The molecule has 5 N–H and O–H groups in total. The number of hydrogen-bond acceptors (Lipinski definition) is 17. The highest BCUT2D eigenvalue weighted by Gasteiger charge is 2.50. The topological polar surface area (TPSA) is 254 Å². The maximum absolute atomic E-state index is 14.5. The molecule has 53 heavy (non-hydrogen) atoms. The van der Waals surface area contributed by atoms with Gasteiger partial charge < -0.3 is 34.9 Å². The van der Waals surface area contributed by atoms with Crippen LogP contribution in [0, 0.1) is 0 Å². The SMILES string of the molecule is COC1C(OP(=O)(OCC2O[C@@H](n3cnc4c(N)ncnc43)C[C@H]2O)SCCCCCOC(=O)c2ccccc2)C(CO)OC1n1ccc(=O)[nH]c1=O. The molecule has 2 fully saturated rings. The number of ether oxygens (including phenoxy) is 4. The summed E-state index contributed by atoms with van der Waals surface area (Å²) in [5.41, 5.74) is 5.76. The molecule has 286 valence electrons. The maximum atomic E-state index is 14.5. The number of methoxy groups -OCH3 is 1. The van der Waals surface area contributed by atoms with Crippen LogP contribution in [0.4, 0.5) is 5.82 Å². The molecular weight excluding hydrogens is 737 g/mol. The molecule has 2 saturated heterocycles. The number of aromatic nitrogens is 6. The minimum atomic E-state index is -4.16. The number of carbonyl (C=O) groups is 1. The maximum Gasteiger partial charge on any atom is 0.389 e. The number of nitrogens with two attached hydrogens (primary N) is 1. The zero-order valence-corrected chi connectivity index (χ0v) is 30.3. The minimum absolute atomic E-state index is 0.140. The van der Waals surface area contributed by atoms with Gasteiger partial charge in [-0.2, -0.15) is 0 Å². The number of aliphatic hydroxyl groups is 2. The van der Waals surface area contributed by atoms with Gasteiger partial charge >= 0.3 is 18.5 Å². The first kappa shape index (κ1) is 38.7. The fourth-order valence-electron chi connectivity index (χ4n) is 5.99. The second-order valence-corrected chi connectivity index (χ2v) is 16.3. The van der Waals surface area contributed by atoms with Crippen LogP contribution in [-0.4, -0.2) is 108 Å². The molecule has 0 aliphatic carbocycles. The summed E-state index contributed by atoms with van der Waals surface area (Å²) in [4.78, 5) is 51.1. The number of aliphatic hydroxyl groups excluding tert-OH is 2. The van der Waals surface area contributed by atoms with Crippen molar-refractivity contribution >= 4 is 41.1 Å². The van der Waals surface area contributed by atoms with Gasteiger partial charge in [-0.1, -0.05) is 18.2 Å². The van der Waals surface area contributed by atoms with Crippen LogP contribution in [0.5, 0.6) is 0 Å². The van der Waals surface area contributed by atoms with Gasteiger partial charge in [0.15, 0.2) is 17.7 Å². The Morgan fingerprint density at radius 1 is 1.08 bits per heavy atom. The van der Waals surface area contributed by atoms with Gasteiger partial charge in [-0.15, -0.1) is 0 Å². The van der Waals surface area contributed by atoms with Crippen LogP contribution in [-0.2, 0) is 32.6 Å². The molecule has 5 heterocycles. The highest BCUT2D eigenvalue weighted by atomic mass is 32.7. The van der Waals surface area contributed by atoms with E-state index in [-0.39, 0.29) is 25.5 Å². The van der Waals surface area contributed by atoms with Gasteiger partial charge in [0.25, 0.3) is 5.56 Å². The van der Waals surface area contributed by atoms with Gasteiger partial charge in [-0.3, -0.25) is 28.0 Å². The number of fused-ring (bicyclic) bond motifs is 1. The standard InChI is InChI=1S/C32H40N7O12PS/c1-46-27-26(21(15-40)50-30(27)38-11-10-23(42)37-32(38)44)51-52(45,53-13-7-3-6-12-47-31(43)19-8-4-2-5-9-19)48-16-22-20(41)14-24(49-22)39-18-36-25-28(33)34-17-35-29(25)39/h2,4-5,8-11,17-18,20-22,24,26-27,30,40-41H,3,6-7,12-16H2,1H3,(H2,33,34,35)(H,37,42,44)/t20-,21?,22?,24-,26?,27?,30?,52?/m1/s1. The number of carbonyl (C=O) groups excluding carboxylic acids is 1. The second-order valence-electron chi connectivity index (χ2n) is 12.2. The van der Waals surface area contributed by atoms with Crippen molar-refractivity contribution in [3.63, 3.8) is 0 Å². The average molecular weight is 778 g/mol. The van der Waals surface area contributed by atoms with Crippen LogP contribution in [0.15, 0.2) is 64.8 Å². The number of aromatic amines is 1. The molecule has 0 saturated carbocycles. The van der Waals surface area contributed by atoms with Gasteiger partial charge in [0, 0.05) is 31.5 Å². The van der Waals surface area contributed by atoms with E-state index in [2.05, 4.69) is 19.9 Å². The number of anilines is 1. The number of imidazole rings is 1. The number of esters is 1. The third-order valence-corrected chi connectivity index (χ3v) is 12.5. The van der Waals surface area contributed by atoms with E-state index < -0.39 is 73.6 Å². The van der Waals surface area contributed by atoms with Crippen LogP contribution in [0.25, 0.3) is 11.2 Å². The Morgan fingerprint density at radius 2 is 1.89 bits per heavy atom. The summed E-state index contributed by atoms with van der Waals surface area (Å²) in [6, 6.07) is 9.77. The van der Waals surface area contributed by atoms with Crippen molar-refractivity contribution in [3.8, 4) is 0 Å². The summed E-state index contributed by atoms with van der Waals surface area (Å²) in [5.74, 6) is 0.0611. The summed E-state index contributed by atoms with van der Waals surface area (Å²) in [5, 5.41) is 21.2. The van der Waals surface area contributed by atoms with E-state index in [1.165, 1.54) is 26.0 Å². The van der Waals surface area contributed by atoms with Crippen LogP contribution in [0.3, 0.4) is 0 Å². The lowest BCUT2D eigenvalue weighted by molar-refractivity contribution is -0.0625. The van der Waals surface area contributed by atoms with Gasteiger partial charge in [0.2, 0.25) is 0 Å². The number of nitrogens with zero attached hydrogens (tertiary/aromatic N) is 5. The van der Waals surface area contributed by atoms with Crippen molar-refractivity contribution < 1.29 is 47.6 Å². The summed E-state index contributed by atoms with van der Waals surface area (Å²) < 4.78 is 52.3. The minimum Gasteiger partial charge on any atom is -0.462 e. The summed E-state index contributed by atoms with van der Waals surface area (Å²) >= 11 is 0.897. The largest absolute Gasteiger partial charge is 0.462 e. The quantitative estimate of drug-likeness (QED) is 0.0677. The Kier molecular flexibility index (Phi) is 12.7. The molecule has 2 aliphatic heterocycles. The predicted octanol–water partition coefficient (Wildman–Crippen LogP) is 1.78. The smallest absolute Gasteiger partial charge is 0.389 e. The van der Waals surface area contributed by atoms with Gasteiger partial charge in [0.05, 0.1) is 37.8 Å². The summed E-state index contributed by atoms with van der Waals surface area (Å²) in [7, 11) is 1.33. The number of nitrogen functional groups attached to an aromatic ring is 1. The number of H-pyrrole nitrogens is 1. The zero-order chi connectivity index (χ0) is 37.5. The van der Waals surface area contributed by atoms with E-state index in [1.807, 2.05) is 0 Å². The molecule has 2 aliphatic rings. The average Bonchev–Trinajstić information content (AvgIpc) is 3.85. The first-order chi connectivity index (χ1) is 25.6. The number of nitrogens with one attached hydrogen (secondary N) is 1. The molecule has 0 radical (unpaired) electrons. The van der Waals surface area contributed by atoms with E-state index >= 15 is 0 Å². The molecule has 6 rings (SSSR count). The lowest BCUT2D eigenvalue weighted by Gasteiger charge is -2.28. The van der Waals surface area contributed by atoms with Crippen LogP contribution in [0.2, 0.25) is 0 Å². The van der Waals surface area contributed by atoms with Gasteiger partial charge in [0.1, 0.15) is 42.5 Å². The monoisotopic (exact) mass is 777 g/mol. The number of rotatable bonds is 17. The summed E-state index contributed by atoms with van der Waals surface area (Å²) in [6.07, 6.45) is -1.36. The molecule has 0 amide bonds. The van der Waals surface area contributed by atoms with Crippen molar-refractivity contribution in [1.82, 2.24) is 29.1 Å². The van der Waals surface area contributed by atoms with Crippen molar-refractivity contribution in [2.45, 2.75) is 68.7 Å².